The SMILES string of the molecule is CC(C)(C)OC(=O)C1CCN(c2ccc(C(=O)[O-])cc2)CC1.[Li+]. The van der Waals surface area contributed by atoms with Crippen molar-refractivity contribution in [3.63, 3.8) is 0 Å². The number of hydrogen-bond donors (Lipinski definition) is 0. The molecule has 0 unspecified atom stereocenters. The fourth-order valence-electron chi connectivity index (χ4n) is 2.57. The van der Waals surface area contributed by atoms with Gasteiger partial charge in [-0.3, -0.25) is 4.79 Å². The molecule has 1 saturated heterocycles. The molecule has 0 aromatic heterocycles. The van der Waals surface area contributed by atoms with E-state index in [0.29, 0.717) is 0 Å². The van der Waals surface area contributed by atoms with Gasteiger partial charge in [0, 0.05) is 18.8 Å². The number of esters is 1. The van der Waals surface area contributed by atoms with Crippen LogP contribution in [0.15, 0.2) is 24.3 Å². The van der Waals surface area contributed by atoms with Crippen molar-refractivity contribution in [3.8, 4) is 0 Å². The molecule has 0 atom stereocenters. The van der Waals surface area contributed by atoms with Crippen LogP contribution in [-0.2, 0) is 9.53 Å². The summed E-state index contributed by atoms with van der Waals surface area (Å²) in [4.78, 5) is 25.0. The number of nitrogens with zero attached hydrogens (tertiary/aromatic N) is 1. The molecule has 0 spiro atoms. The number of carboxylic acid groups (broad SMARTS) is 1. The van der Waals surface area contributed by atoms with Crippen LogP contribution >= 0.6 is 0 Å². The zero-order chi connectivity index (χ0) is 16.3. The van der Waals surface area contributed by atoms with E-state index in [9.17, 15) is 14.7 Å². The van der Waals surface area contributed by atoms with Crippen molar-refractivity contribution < 1.29 is 38.3 Å². The number of benzene rings is 1. The van der Waals surface area contributed by atoms with Crippen molar-refractivity contribution in [1.29, 1.82) is 0 Å². The van der Waals surface area contributed by atoms with Crippen LogP contribution < -0.4 is 28.9 Å². The van der Waals surface area contributed by atoms with E-state index in [0.717, 1.165) is 31.6 Å². The first-order valence-electron chi connectivity index (χ1n) is 7.55. The molecular weight excluding hydrogens is 289 g/mol. The molecule has 0 saturated carbocycles. The Morgan fingerprint density at radius 3 is 2.09 bits per heavy atom. The number of hydrogen-bond acceptors (Lipinski definition) is 5. The average Bonchev–Trinajstić information content (AvgIpc) is 2.46. The molecule has 1 aliphatic heterocycles. The molecule has 23 heavy (non-hydrogen) atoms. The molecule has 0 N–H and O–H groups in total. The largest absolute Gasteiger partial charge is 1.00 e. The molecule has 120 valence electrons. The summed E-state index contributed by atoms with van der Waals surface area (Å²) >= 11 is 0. The summed E-state index contributed by atoms with van der Waals surface area (Å²) in [6.07, 6.45) is 1.49. The standard InChI is InChI=1S/C17H23NO4.Li/c1-17(2,3)22-16(21)13-8-10-18(11-9-13)14-6-4-12(5-7-14)15(19)20;/h4-7,13H,8-11H2,1-3H3,(H,19,20);/q;+1/p-1. The normalized spacial score (nSPS) is 15.7. The second-order valence-corrected chi connectivity index (χ2v) is 6.63. The van der Waals surface area contributed by atoms with E-state index < -0.39 is 11.6 Å². The quantitative estimate of drug-likeness (QED) is 0.508. The molecule has 2 rings (SSSR count). The molecule has 0 amide bonds. The average molecular weight is 311 g/mol. The number of ether oxygens (including phenoxy) is 1. The Morgan fingerprint density at radius 2 is 1.65 bits per heavy atom. The Balaban J connectivity index is 0.00000264. The van der Waals surface area contributed by atoms with Crippen molar-refractivity contribution in [2.24, 2.45) is 5.92 Å². The molecule has 0 radical (unpaired) electrons. The number of carbonyl (C=O) groups excluding carboxylic acids is 2. The van der Waals surface area contributed by atoms with Crippen molar-refractivity contribution in [1.82, 2.24) is 0 Å². The van der Waals surface area contributed by atoms with Gasteiger partial charge < -0.3 is 19.5 Å². The Bertz CT molecular complexity index is 543. The van der Waals surface area contributed by atoms with Gasteiger partial charge in [0.15, 0.2) is 0 Å². The molecule has 1 aromatic rings. The second kappa shape index (κ2) is 7.90. The van der Waals surface area contributed by atoms with Crippen LogP contribution in [0.25, 0.3) is 0 Å². The molecule has 1 aliphatic rings. The van der Waals surface area contributed by atoms with Gasteiger partial charge in [-0.25, -0.2) is 0 Å². The smallest absolute Gasteiger partial charge is 0.545 e. The zero-order valence-corrected chi connectivity index (χ0v) is 14.3. The summed E-state index contributed by atoms with van der Waals surface area (Å²) in [6.45, 7) is 7.14. The summed E-state index contributed by atoms with van der Waals surface area (Å²) in [5, 5.41) is 10.7. The van der Waals surface area contributed by atoms with E-state index in [1.807, 2.05) is 20.8 Å². The van der Waals surface area contributed by atoms with Crippen LogP contribution in [0.2, 0.25) is 0 Å². The van der Waals surface area contributed by atoms with E-state index in [1.54, 1.807) is 24.3 Å². The summed E-state index contributed by atoms with van der Waals surface area (Å²) < 4.78 is 5.43. The predicted octanol–water partition coefficient (Wildman–Crippen LogP) is -1.39. The number of piperidine rings is 1. The van der Waals surface area contributed by atoms with Crippen LogP contribution in [-0.4, -0.2) is 30.6 Å². The van der Waals surface area contributed by atoms with Gasteiger partial charge in [0.05, 0.1) is 11.9 Å². The van der Waals surface area contributed by atoms with Crippen LogP contribution in [0.3, 0.4) is 0 Å². The fourth-order valence-corrected chi connectivity index (χ4v) is 2.57. The second-order valence-electron chi connectivity index (χ2n) is 6.63. The zero-order valence-electron chi connectivity index (χ0n) is 14.3. The first-order valence-corrected chi connectivity index (χ1v) is 7.55. The van der Waals surface area contributed by atoms with Crippen LogP contribution in [0.1, 0.15) is 44.0 Å². The minimum atomic E-state index is -1.17. The summed E-state index contributed by atoms with van der Waals surface area (Å²) in [6, 6.07) is 6.65. The Morgan fingerprint density at radius 1 is 1.13 bits per heavy atom. The Hall–Kier alpha value is -1.44. The monoisotopic (exact) mass is 311 g/mol. The Labute approximate surface area is 149 Å². The Kier molecular flexibility index (Phi) is 6.73. The topological polar surface area (TPSA) is 69.7 Å². The summed E-state index contributed by atoms with van der Waals surface area (Å²) in [5.74, 6) is -1.35. The maximum absolute atomic E-state index is 12.1. The third-order valence-electron chi connectivity index (χ3n) is 3.70. The number of rotatable bonds is 3. The maximum Gasteiger partial charge on any atom is 1.00 e. The molecular formula is C17H22LiNO4. The van der Waals surface area contributed by atoms with E-state index in [4.69, 9.17) is 4.74 Å². The minimum absolute atomic E-state index is 0. The predicted molar refractivity (Wildman–Crippen MR) is 81.6 cm³/mol. The van der Waals surface area contributed by atoms with Gasteiger partial charge in [0.1, 0.15) is 5.60 Å². The van der Waals surface area contributed by atoms with Crippen LogP contribution in [0.4, 0.5) is 5.69 Å². The van der Waals surface area contributed by atoms with Gasteiger partial charge in [-0.2, -0.15) is 0 Å². The minimum Gasteiger partial charge on any atom is -0.545 e. The first-order chi connectivity index (χ1) is 10.3. The summed E-state index contributed by atoms with van der Waals surface area (Å²) in [7, 11) is 0. The number of carboxylic acids is 1. The van der Waals surface area contributed by atoms with E-state index >= 15 is 0 Å². The number of anilines is 1. The molecule has 6 heteroatoms. The van der Waals surface area contributed by atoms with Gasteiger partial charge >= 0.3 is 24.8 Å². The molecule has 1 aromatic carbocycles. The number of carbonyl (C=O) groups is 2. The van der Waals surface area contributed by atoms with Gasteiger partial charge in [-0.05, 0) is 51.3 Å². The number of aromatic carboxylic acids is 1. The van der Waals surface area contributed by atoms with Crippen molar-refractivity contribution in [3.05, 3.63) is 29.8 Å². The van der Waals surface area contributed by atoms with Crippen molar-refractivity contribution >= 4 is 17.6 Å². The molecule has 0 bridgehead atoms. The maximum atomic E-state index is 12.1. The summed E-state index contributed by atoms with van der Waals surface area (Å²) in [5.41, 5.74) is 0.689. The molecule has 1 fully saturated rings. The molecule has 0 aliphatic carbocycles. The van der Waals surface area contributed by atoms with E-state index in [2.05, 4.69) is 4.90 Å². The van der Waals surface area contributed by atoms with Crippen LogP contribution in [0.5, 0.6) is 0 Å². The van der Waals surface area contributed by atoms with E-state index in [1.165, 1.54) is 0 Å². The van der Waals surface area contributed by atoms with Gasteiger partial charge in [-0.15, -0.1) is 0 Å². The van der Waals surface area contributed by atoms with E-state index in [-0.39, 0.29) is 36.3 Å². The van der Waals surface area contributed by atoms with Crippen molar-refractivity contribution in [2.45, 2.75) is 39.2 Å². The van der Waals surface area contributed by atoms with Crippen molar-refractivity contribution in [2.75, 3.05) is 18.0 Å². The third-order valence-corrected chi connectivity index (χ3v) is 3.70. The molecule has 5 nitrogen and oxygen atoms in total. The molecule has 1 heterocycles. The van der Waals surface area contributed by atoms with Gasteiger partial charge in [-0.1, -0.05) is 12.1 Å². The fraction of sp³-hybridized carbons (Fsp3) is 0.529. The first kappa shape index (κ1) is 19.6. The third kappa shape index (κ3) is 5.60. The van der Waals surface area contributed by atoms with Gasteiger partial charge in [0.25, 0.3) is 0 Å². The van der Waals surface area contributed by atoms with Crippen LogP contribution in [0, 0.1) is 5.92 Å². The van der Waals surface area contributed by atoms with Gasteiger partial charge in [0.2, 0.25) is 0 Å².